The third-order valence-corrected chi connectivity index (χ3v) is 3.94. The van der Waals surface area contributed by atoms with Crippen molar-refractivity contribution in [1.29, 1.82) is 0 Å². The smallest absolute Gasteiger partial charge is 0.158 e. The molecule has 2 aromatic heterocycles. The van der Waals surface area contributed by atoms with Gasteiger partial charge in [-0.3, -0.25) is 0 Å². The maximum atomic E-state index is 6.07. The van der Waals surface area contributed by atoms with Gasteiger partial charge >= 0.3 is 0 Å². The van der Waals surface area contributed by atoms with Gasteiger partial charge in [-0.15, -0.1) is 11.6 Å². The zero-order chi connectivity index (χ0) is 14.2. The van der Waals surface area contributed by atoms with Gasteiger partial charge < -0.3 is 4.90 Å². The first kappa shape index (κ1) is 12.5. The SMILES string of the molecule is ClC1CN(c2ncnc3ccc(-c4ccccc4)nc23)C1. The molecule has 4 nitrogen and oxygen atoms in total. The van der Waals surface area contributed by atoms with Gasteiger partial charge in [0.1, 0.15) is 11.8 Å². The minimum atomic E-state index is 0.201. The first-order chi connectivity index (χ1) is 10.3. The third-order valence-electron chi connectivity index (χ3n) is 3.67. The quantitative estimate of drug-likeness (QED) is 0.681. The molecule has 104 valence electrons. The standard InChI is InChI=1S/C16H13ClN4/c17-12-8-21(9-12)16-15-14(18-10-19-16)7-6-13(20-15)11-4-2-1-3-5-11/h1-7,10,12H,8-9H2. The highest BCUT2D eigenvalue weighted by Crippen LogP contribution is 2.28. The lowest BCUT2D eigenvalue weighted by Gasteiger charge is -2.36. The fourth-order valence-electron chi connectivity index (χ4n) is 2.53. The van der Waals surface area contributed by atoms with Crippen molar-refractivity contribution in [3.05, 3.63) is 48.8 Å². The molecule has 0 N–H and O–H groups in total. The highest BCUT2D eigenvalue weighted by Gasteiger charge is 2.27. The number of nitrogens with zero attached hydrogens (tertiary/aromatic N) is 4. The number of fused-ring (bicyclic) bond motifs is 1. The largest absolute Gasteiger partial charge is 0.352 e. The molecular formula is C16H13ClN4. The molecule has 0 bridgehead atoms. The maximum absolute atomic E-state index is 6.07. The van der Waals surface area contributed by atoms with E-state index in [1.165, 1.54) is 0 Å². The van der Waals surface area contributed by atoms with E-state index in [9.17, 15) is 0 Å². The normalized spacial score (nSPS) is 15.2. The zero-order valence-electron chi connectivity index (χ0n) is 11.3. The molecule has 1 fully saturated rings. The van der Waals surface area contributed by atoms with Crippen LogP contribution >= 0.6 is 11.6 Å². The van der Waals surface area contributed by atoms with Crippen molar-refractivity contribution in [1.82, 2.24) is 15.0 Å². The fourth-order valence-corrected chi connectivity index (χ4v) is 2.86. The van der Waals surface area contributed by atoms with E-state index in [0.29, 0.717) is 0 Å². The molecule has 1 aromatic carbocycles. The van der Waals surface area contributed by atoms with Crippen LogP contribution in [0.2, 0.25) is 0 Å². The lowest BCUT2D eigenvalue weighted by molar-refractivity contribution is 0.620. The zero-order valence-corrected chi connectivity index (χ0v) is 12.0. The van der Waals surface area contributed by atoms with Crippen molar-refractivity contribution < 1.29 is 0 Å². The minimum Gasteiger partial charge on any atom is -0.352 e. The van der Waals surface area contributed by atoms with Crippen LogP contribution in [0.1, 0.15) is 0 Å². The van der Waals surface area contributed by atoms with Gasteiger partial charge in [0.05, 0.1) is 16.6 Å². The molecule has 0 atom stereocenters. The van der Waals surface area contributed by atoms with Crippen LogP contribution in [-0.2, 0) is 0 Å². The second kappa shape index (κ2) is 4.97. The Hall–Kier alpha value is -2.20. The summed E-state index contributed by atoms with van der Waals surface area (Å²) in [4.78, 5) is 15.6. The summed E-state index contributed by atoms with van der Waals surface area (Å²) in [5.41, 5.74) is 3.72. The first-order valence-corrected chi connectivity index (χ1v) is 7.31. The minimum absolute atomic E-state index is 0.201. The van der Waals surface area contributed by atoms with Gasteiger partial charge in [0, 0.05) is 18.7 Å². The molecule has 3 aromatic rings. The number of hydrogen-bond donors (Lipinski definition) is 0. The Bertz CT molecular complexity index is 785. The van der Waals surface area contributed by atoms with Crippen molar-refractivity contribution in [3.8, 4) is 11.3 Å². The summed E-state index contributed by atoms with van der Waals surface area (Å²) >= 11 is 6.07. The third kappa shape index (κ3) is 2.21. The number of aromatic nitrogens is 3. The Morgan fingerprint density at radius 1 is 1.00 bits per heavy atom. The summed E-state index contributed by atoms with van der Waals surface area (Å²) in [5.74, 6) is 0.870. The molecule has 1 aliphatic rings. The molecule has 0 spiro atoms. The summed E-state index contributed by atoms with van der Waals surface area (Å²) in [7, 11) is 0. The molecule has 4 rings (SSSR count). The molecule has 3 heterocycles. The Morgan fingerprint density at radius 3 is 2.57 bits per heavy atom. The highest BCUT2D eigenvalue weighted by atomic mass is 35.5. The van der Waals surface area contributed by atoms with Crippen LogP contribution in [0.25, 0.3) is 22.3 Å². The average molecular weight is 297 g/mol. The van der Waals surface area contributed by atoms with E-state index in [2.05, 4.69) is 27.0 Å². The molecular weight excluding hydrogens is 284 g/mol. The molecule has 0 saturated carbocycles. The predicted octanol–water partition coefficient (Wildman–Crippen LogP) is 3.12. The van der Waals surface area contributed by atoms with Crippen molar-refractivity contribution in [2.75, 3.05) is 18.0 Å². The molecule has 0 aliphatic carbocycles. The van der Waals surface area contributed by atoms with Crippen LogP contribution in [0, 0.1) is 0 Å². The average Bonchev–Trinajstić information content (AvgIpc) is 2.52. The summed E-state index contributed by atoms with van der Waals surface area (Å²) in [6.07, 6.45) is 1.59. The Labute approximate surface area is 127 Å². The molecule has 1 saturated heterocycles. The van der Waals surface area contributed by atoms with Gasteiger partial charge in [0.25, 0.3) is 0 Å². The highest BCUT2D eigenvalue weighted by molar-refractivity contribution is 6.22. The molecule has 0 radical (unpaired) electrons. The van der Waals surface area contributed by atoms with Crippen LogP contribution in [0.3, 0.4) is 0 Å². The van der Waals surface area contributed by atoms with Gasteiger partial charge in [0.2, 0.25) is 0 Å². The number of pyridine rings is 1. The summed E-state index contributed by atoms with van der Waals surface area (Å²) in [6, 6.07) is 14.1. The number of anilines is 1. The second-order valence-electron chi connectivity index (χ2n) is 5.13. The molecule has 5 heteroatoms. The van der Waals surface area contributed by atoms with Gasteiger partial charge in [-0.1, -0.05) is 30.3 Å². The van der Waals surface area contributed by atoms with Crippen LogP contribution in [-0.4, -0.2) is 33.4 Å². The Balaban J connectivity index is 1.84. The Kier molecular flexibility index (Phi) is 2.97. The lowest BCUT2D eigenvalue weighted by Crippen LogP contribution is -2.48. The number of hydrogen-bond acceptors (Lipinski definition) is 4. The first-order valence-electron chi connectivity index (χ1n) is 6.87. The van der Waals surface area contributed by atoms with E-state index in [-0.39, 0.29) is 5.38 Å². The summed E-state index contributed by atoms with van der Waals surface area (Å²) in [6.45, 7) is 1.62. The number of alkyl halides is 1. The van der Waals surface area contributed by atoms with Gasteiger partial charge in [-0.05, 0) is 12.1 Å². The predicted molar refractivity (Wildman–Crippen MR) is 84.6 cm³/mol. The number of halogens is 1. The Morgan fingerprint density at radius 2 is 1.81 bits per heavy atom. The molecule has 0 amide bonds. The fraction of sp³-hybridized carbons (Fsp3) is 0.188. The summed E-state index contributed by atoms with van der Waals surface area (Å²) < 4.78 is 0. The second-order valence-corrected chi connectivity index (χ2v) is 5.75. The van der Waals surface area contributed by atoms with E-state index >= 15 is 0 Å². The van der Waals surface area contributed by atoms with Crippen molar-refractivity contribution in [2.24, 2.45) is 0 Å². The van der Waals surface area contributed by atoms with E-state index in [0.717, 1.165) is 41.2 Å². The van der Waals surface area contributed by atoms with E-state index in [1.54, 1.807) is 6.33 Å². The topological polar surface area (TPSA) is 41.9 Å². The van der Waals surface area contributed by atoms with E-state index < -0.39 is 0 Å². The van der Waals surface area contributed by atoms with Crippen molar-refractivity contribution in [3.63, 3.8) is 0 Å². The van der Waals surface area contributed by atoms with Crippen molar-refractivity contribution in [2.45, 2.75) is 5.38 Å². The lowest BCUT2D eigenvalue weighted by atomic mass is 10.1. The van der Waals surface area contributed by atoms with Gasteiger partial charge in [-0.2, -0.15) is 0 Å². The van der Waals surface area contributed by atoms with Gasteiger partial charge in [0.15, 0.2) is 5.82 Å². The molecule has 0 unspecified atom stereocenters. The van der Waals surface area contributed by atoms with Gasteiger partial charge in [-0.25, -0.2) is 15.0 Å². The van der Waals surface area contributed by atoms with E-state index in [4.69, 9.17) is 16.6 Å². The maximum Gasteiger partial charge on any atom is 0.158 e. The summed E-state index contributed by atoms with van der Waals surface area (Å²) in [5, 5.41) is 0.201. The molecule has 21 heavy (non-hydrogen) atoms. The van der Waals surface area contributed by atoms with Crippen LogP contribution in [0.15, 0.2) is 48.8 Å². The van der Waals surface area contributed by atoms with Crippen LogP contribution < -0.4 is 4.90 Å². The number of rotatable bonds is 2. The van der Waals surface area contributed by atoms with E-state index in [1.807, 2.05) is 30.3 Å². The molecule has 1 aliphatic heterocycles. The van der Waals surface area contributed by atoms with Crippen molar-refractivity contribution >= 4 is 28.5 Å². The van der Waals surface area contributed by atoms with Crippen LogP contribution in [0.5, 0.6) is 0 Å². The monoisotopic (exact) mass is 296 g/mol. The number of benzene rings is 1. The van der Waals surface area contributed by atoms with Crippen LogP contribution in [0.4, 0.5) is 5.82 Å².